The average molecular weight is 410 g/mol. The van der Waals surface area contributed by atoms with Gasteiger partial charge in [0.1, 0.15) is 0 Å². The van der Waals surface area contributed by atoms with E-state index in [1.165, 1.54) is 5.56 Å². The van der Waals surface area contributed by atoms with Gasteiger partial charge in [-0.2, -0.15) is 0 Å². The summed E-state index contributed by atoms with van der Waals surface area (Å²) in [5.41, 5.74) is 2.06. The number of hydrogen-bond acceptors (Lipinski definition) is 5. The van der Waals surface area contributed by atoms with E-state index in [9.17, 15) is 4.79 Å². The number of morpholine rings is 1. The quantitative estimate of drug-likeness (QED) is 0.436. The Morgan fingerprint density at radius 2 is 1.76 bits per heavy atom. The van der Waals surface area contributed by atoms with Crippen molar-refractivity contribution in [3.63, 3.8) is 0 Å². The highest BCUT2D eigenvalue weighted by Crippen LogP contribution is 2.33. The Kier molecular flexibility index (Phi) is 6.64. The van der Waals surface area contributed by atoms with Gasteiger partial charge in [-0.1, -0.05) is 54.2 Å². The first kappa shape index (κ1) is 20.1. The molecule has 1 saturated heterocycles. The molecule has 29 heavy (non-hydrogen) atoms. The third-order valence-corrected chi connectivity index (χ3v) is 6.49. The van der Waals surface area contributed by atoms with Crippen LogP contribution in [0.15, 0.2) is 64.5 Å². The Balaban J connectivity index is 1.58. The van der Waals surface area contributed by atoms with E-state index in [1.54, 1.807) is 11.8 Å². The first-order valence-electron chi connectivity index (χ1n) is 10.2. The first-order chi connectivity index (χ1) is 14.2. The molecule has 1 fully saturated rings. The van der Waals surface area contributed by atoms with Crippen LogP contribution < -0.4 is 5.56 Å². The summed E-state index contributed by atoms with van der Waals surface area (Å²) in [4.78, 5) is 20.5. The number of aromatic nitrogens is 2. The highest BCUT2D eigenvalue weighted by Gasteiger charge is 2.16. The predicted molar refractivity (Wildman–Crippen MR) is 119 cm³/mol. The molecular weight excluding hydrogens is 382 g/mol. The summed E-state index contributed by atoms with van der Waals surface area (Å²) in [7, 11) is 0. The van der Waals surface area contributed by atoms with Gasteiger partial charge in [-0.15, -0.1) is 0 Å². The third kappa shape index (κ3) is 4.89. The summed E-state index contributed by atoms with van der Waals surface area (Å²) in [6, 6.07) is 18.0. The van der Waals surface area contributed by atoms with Crippen LogP contribution in [0.5, 0.6) is 0 Å². The van der Waals surface area contributed by atoms with Crippen LogP contribution in [-0.4, -0.2) is 47.3 Å². The van der Waals surface area contributed by atoms with Crippen LogP contribution in [0.25, 0.3) is 10.9 Å². The number of thioether (sulfide) groups is 1. The van der Waals surface area contributed by atoms with Gasteiger partial charge in [0.25, 0.3) is 5.56 Å². The van der Waals surface area contributed by atoms with Crippen molar-refractivity contribution in [2.75, 3.05) is 32.8 Å². The van der Waals surface area contributed by atoms with Crippen LogP contribution in [0.2, 0.25) is 0 Å². The zero-order valence-corrected chi connectivity index (χ0v) is 17.6. The predicted octanol–water partition coefficient (Wildman–Crippen LogP) is 3.97. The molecule has 3 aromatic rings. The minimum Gasteiger partial charge on any atom is -0.379 e. The Labute approximate surface area is 175 Å². The Morgan fingerprint density at radius 3 is 2.55 bits per heavy atom. The lowest BCUT2D eigenvalue weighted by Crippen LogP contribution is -2.37. The number of hydrogen-bond donors (Lipinski definition) is 0. The summed E-state index contributed by atoms with van der Waals surface area (Å²) in [6.07, 6.45) is 0.924. The monoisotopic (exact) mass is 409 g/mol. The van der Waals surface area contributed by atoms with Crippen molar-refractivity contribution >= 4 is 22.7 Å². The second-order valence-corrected chi connectivity index (χ2v) is 8.65. The van der Waals surface area contributed by atoms with Gasteiger partial charge in [0.2, 0.25) is 0 Å². The highest BCUT2D eigenvalue weighted by atomic mass is 32.2. The Bertz CT molecular complexity index is 1000. The fourth-order valence-electron chi connectivity index (χ4n) is 3.66. The van der Waals surface area contributed by atoms with E-state index in [4.69, 9.17) is 9.72 Å². The van der Waals surface area contributed by atoms with Crippen molar-refractivity contribution in [2.24, 2.45) is 0 Å². The number of fused-ring (bicyclic) bond motifs is 1. The fraction of sp³-hybridized carbons (Fsp3) is 0.391. The number of para-hydroxylation sites is 1. The topological polar surface area (TPSA) is 47.4 Å². The minimum atomic E-state index is 0.0559. The lowest BCUT2D eigenvalue weighted by atomic mass is 10.2. The van der Waals surface area contributed by atoms with E-state index in [-0.39, 0.29) is 10.8 Å². The number of rotatable bonds is 7. The molecule has 0 radical (unpaired) electrons. The zero-order chi connectivity index (χ0) is 20.1. The van der Waals surface area contributed by atoms with Gasteiger partial charge in [0, 0.05) is 31.4 Å². The summed E-state index contributed by atoms with van der Waals surface area (Å²) in [5.74, 6) is 0. The van der Waals surface area contributed by atoms with Crippen LogP contribution in [-0.2, 0) is 11.3 Å². The fourth-order valence-corrected chi connectivity index (χ4v) is 4.72. The largest absolute Gasteiger partial charge is 0.379 e. The van der Waals surface area contributed by atoms with Gasteiger partial charge in [-0.05, 0) is 31.0 Å². The Morgan fingerprint density at radius 1 is 1.03 bits per heavy atom. The second-order valence-electron chi connectivity index (χ2n) is 7.35. The maximum absolute atomic E-state index is 13.2. The molecule has 152 valence electrons. The molecule has 1 aromatic heterocycles. The van der Waals surface area contributed by atoms with E-state index < -0.39 is 0 Å². The standard InChI is InChI=1S/C23H27N3O2S/c1-18(19-8-3-2-4-9-19)29-23-24-21-11-6-5-10-20(21)22(27)26(23)13-7-12-25-14-16-28-17-15-25/h2-6,8-11,18H,7,12-17H2,1H3/t18-/m1/s1. The summed E-state index contributed by atoms with van der Waals surface area (Å²) >= 11 is 1.66. The van der Waals surface area contributed by atoms with Crippen molar-refractivity contribution in [3.05, 3.63) is 70.5 Å². The maximum atomic E-state index is 13.2. The molecule has 0 N–H and O–H groups in total. The van der Waals surface area contributed by atoms with E-state index in [0.29, 0.717) is 11.9 Å². The molecule has 0 bridgehead atoms. The van der Waals surface area contributed by atoms with Gasteiger partial charge in [0.05, 0.1) is 24.1 Å². The third-order valence-electron chi connectivity index (χ3n) is 5.34. The number of ether oxygens (including phenoxy) is 1. The molecule has 0 unspecified atom stereocenters. The first-order valence-corrected chi connectivity index (χ1v) is 11.1. The summed E-state index contributed by atoms with van der Waals surface area (Å²) < 4.78 is 7.29. The second kappa shape index (κ2) is 9.57. The van der Waals surface area contributed by atoms with Crippen molar-refractivity contribution in [2.45, 2.75) is 30.3 Å². The van der Waals surface area contributed by atoms with Gasteiger partial charge >= 0.3 is 0 Å². The van der Waals surface area contributed by atoms with Crippen LogP contribution in [0.1, 0.15) is 24.2 Å². The smallest absolute Gasteiger partial charge is 0.262 e. The van der Waals surface area contributed by atoms with E-state index in [0.717, 1.165) is 49.9 Å². The van der Waals surface area contributed by atoms with E-state index >= 15 is 0 Å². The molecule has 2 aromatic carbocycles. The van der Waals surface area contributed by atoms with Gasteiger partial charge in [-0.3, -0.25) is 14.3 Å². The van der Waals surface area contributed by atoms with Crippen molar-refractivity contribution in [1.82, 2.24) is 14.5 Å². The lowest BCUT2D eigenvalue weighted by Gasteiger charge is -2.26. The number of benzene rings is 2. The molecule has 0 aliphatic carbocycles. The molecule has 1 aliphatic rings. The van der Waals surface area contributed by atoms with Gasteiger partial charge < -0.3 is 4.74 Å². The molecule has 5 nitrogen and oxygen atoms in total. The van der Waals surface area contributed by atoms with Gasteiger partial charge in [0.15, 0.2) is 5.16 Å². The molecular formula is C23H27N3O2S. The summed E-state index contributed by atoms with van der Waals surface area (Å²) in [5, 5.41) is 1.71. The number of nitrogens with zero attached hydrogens (tertiary/aromatic N) is 3. The minimum absolute atomic E-state index is 0.0559. The zero-order valence-electron chi connectivity index (χ0n) is 16.8. The molecule has 0 spiro atoms. The lowest BCUT2D eigenvalue weighted by molar-refractivity contribution is 0.0368. The summed E-state index contributed by atoms with van der Waals surface area (Å²) in [6.45, 7) is 7.35. The molecule has 1 aliphatic heterocycles. The maximum Gasteiger partial charge on any atom is 0.262 e. The molecule has 2 heterocycles. The Hall–Kier alpha value is -2.15. The normalized spacial score (nSPS) is 16.2. The van der Waals surface area contributed by atoms with Crippen LogP contribution >= 0.6 is 11.8 Å². The SMILES string of the molecule is C[C@@H](Sc1nc2ccccc2c(=O)n1CCCN1CCOCC1)c1ccccc1. The molecule has 6 heteroatoms. The van der Waals surface area contributed by atoms with Crippen LogP contribution in [0.3, 0.4) is 0 Å². The van der Waals surface area contributed by atoms with Crippen LogP contribution in [0.4, 0.5) is 0 Å². The highest BCUT2D eigenvalue weighted by molar-refractivity contribution is 7.99. The van der Waals surface area contributed by atoms with E-state index in [1.807, 2.05) is 34.9 Å². The molecule has 0 amide bonds. The molecule has 1 atom stereocenters. The molecule has 0 saturated carbocycles. The van der Waals surface area contributed by atoms with Crippen LogP contribution in [0, 0.1) is 0 Å². The molecule has 4 rings (SSSR count). The average Bonchev–Trinajstić information content (AvgIpc) is 2.77. The van der Waals surface area contributed by atoms with Crippen molar-refractivity contribution < 1.29 is 4.74 Å². The van der Waals surface area contributed by atoms with Crippen molar-refractivity contribution in [3.8, 4) is 0 Å². The van der Waals surface area contributed by atoms with Gasteiger partial charge in [-0.25, -0.2) is 4.98 Å². The van der Waals surface area contributed by atoms with Crippen molar-refractivity contribution in [1.29, 1.82) is 0 Å². The van der Waals surface area contributed by atoms with E-state index in [2.05, 4.69) is 36.1 Å².